The predicted octanol–water partition coefficient (Wildman–Crippen LogP) is 1.43. The number of sulfone groups is 1. The zero-order chi connectivity index (χ0) is 11.6. The van der Waals surface area contributed by atoms with E-state index < -0.39 is 15.8 Å². The summed E-state index contributed by atoms with van der Waals surface area (Å²) in [6.45, 7) is 3.45. The monoisotopic (exact) mass is 226 g/mol. The average molecular weight is 226 g/mol. The third-order valence-electron chi connectivity index (χ3n) is 1.88. The summed E-state index contributed by atoms with van der Waals surface area (Å²) in [7, 11) is -3.35. The normalized spacial score (nSPS) is 11.0. The van der Waals surface area contributed by atoms with E-state index in [0.29, 0.717) is 5.56 Å². The van der Waals surface area contributed by atoms with Crippen LogP contribution in [0.2, 0.25) is 0 Å². The summed E-state index contributed by atoms with van der Waals surface area (Å²) >= 11 is 0. The first-order valence-electron chi connectivity index (χ1n) is 4.06. The first-order valence-corrected chi connectivity index (χ1v) is 5.95. The van der Waals surface area contributed by atoms with Crippen LogP contribution in [0.5, 0.6) is 0 Å². The molecule has 1 N–H and O–H groups in total. The molecule has 0 atom stereocenters. The summed E-state index contributed by atoms with van der Waals surface area (Å²) in [6, 6.07) is 3.81. The zero-order valence-corrected chi connectivity index (χ0v) is 8.91. The zero-order valence-electron chi connectivity index (χ0n) is 8.10. The van der Waals surface area contributed by atoms with Gasteiger partial charge in [0, 0.05) is 6.26 Å². The molecule has 1 rings (SSSR count). The third kappa shape index (κ3) is 2.44. The van der Waals surface area contributed by atoms with Gasteiger partial charge in [-0.2, -0.15) is 0 Å². The van der Waals surface area contributed by atoms with E-state index in [1.165, 1.54) is 24.3 Å². The van der Waals surface area contributed by atoms with Crippen molar-refractivity contribution in [3.63, 3.8) is 0 Å². The molecule has 0 fully saturated rings. The maximum atomic E-state index is 11.3. The Hall–Kier alpha value is -1.62. The van der Waals surface area contributed by atoms with Crippen molar-refractivity contribution in [2.75, 3.05) is 6.26 Å². The SMILES string of the molecule is C=Cc1cc(C(=O)O)ccc1S(C)(=O)=O. The van der Waals surface area contributed by atoms with Crippen LogP contribution in [0.4, 0.5) is 0 Å². The summed E-state index contributed by atoms with van der Waals surface area (Å²) in [4.78, 5) is 10.7. The smallest absolute Gasteiger partial charge is 0.335 e. The number of carboxylic acid groups (broad SMARTS) is 1. The second-order valence-corrected chi connectivity index (χ2v) is 5.02. The van der Waals surface area contributed by atoms with Gasteiger partial charge >= 0.3 is 5.97 Å². The van der Waals surface area contributed by atoms with Crippen LogP contribution in [0.25, 0.3) is 6.08 Å². The molecular formula is C10H10O4S. The van der Waals surface area contributed by atoms with Crippen molar-refractivity contribution < 1.29 is 18.3 Å². The molecule has 0 spiro atoms. The van der Waals surface area contributed by atoms with E-state index in [9.17, 15) is 13.2 Å². The number of carboxylic acids is 1. The highest BCUT2D eigenvalue weighted by Crippen LogP contribution is 2.18. The minimum atomic E-state index is -3.35. The molecule has 0 heterocycles. The van der Waals surface area contributed by atoms with E-state index >= 15 is 0 Å². The lowest BCUT2D eigenvalue weighted by Crippen LogP contribution is -2.03. The van der Waals surface area contributed by atoms with Crippen molar-refractivity contribution in [2.24, 2.45) is 0 Å². The van der Waals surface area contributed by atoms with Crippen LogP contribution in [0.3, 0.4) is 0 Å². The Balaban J connectivity index is 3.47. The van der Waals surface area contributed by atoms with Crippen LogP contribution in [0.1, 0.15) is 15.9 Å². The lowest BCUT2D eigenvalue weighted by Gasteiger charge is -2.04. The lowest BCUT2D eigenvalue weighted by molar-refractivity contribution is 0.0696. The molecule has 0 saturated heterocycles. The Morgan fingerprint density at radius 2 is 2.07 bits per heavy atom. The first kappa shape index (κ1) is 11.5. The fraction of sp³-hybridized carbons (Fsp3) is 0.100. The summed E-state index contributed by atoms with van der Waals surface area (Å²) < 4.78 is 22.6. The fourth-order valence-electron chi connectivity index (χ4n) is 1.18. The molecule has 80 valence electrons. The maximum Gasteiger partial charge on any atom is 0.335 e. The molecule has 0 aliphatic heterocycles. The third-order valence-corrected chi connectivity index (χ3v) is 3.05. The number of aromatic carboxylic acids is 1. The maximum absolute atomic E-state index is 11.3. The molecule has 4 nitrogen and oxygen atoms in total. The molecule has 0 aliphatic rings. The Morgan fingerprint density at radius 1 is 1.47 bits per heavy atom. The highest BCUT2D eigenvalue weighted by Gasteiger charge is 2.13. The molecule has 0 unspecified atom stereocenters. The molecule has 1 aromatic rings. The topological polar surface area (TPSA) is 71.4 Å². The number of rotatable bonds is 3. The summed E-state index contributed by atoms with van der Waals surface area (Å²) in [6.07, 6.45) is 2.39. The van der Waals surface area contributed by atoms with Crippen LogP contribution < -0.4 is 0 Å². The first-order chi connectivity index (χ1) is 6.86. The lowest BCUT2D eigenvalue weighted by atomic mass is 10.1. The van der Waals surface area contributed by atoms with E-state index in [1.807, 2.05) is 0 Å². The van der Waals surface area contributed by atoms with Gasteiger partial charge in [-0.15, -0.1) is 0 Å². The van der Waals surface area contributed by atoms with Gasteiger partial charge in [0.15, 0.2) is 9.84 Å². The van der Waals surface area contributed by atoms with Crippen LogP contribution in [-0.4, -0.2) is 25.7 Å². The molecule has 0 aromatic heterocycles. The van der Waals surface area contributed by atoms with Gasteiger partial charge in [0.1, 0.15) is 0 Å². The van der Waals surface area contributed by atoms with Gasteiger partial charge in [-0.1, -0.05) is 12.7 Å². The number of benzene rings is 1. The Bertz CT molecular complexity index is 514. The molecule has 15 heavy (non-hydrogen) atoms. The highest BCUT2D eigenvalue weighted by atomic mass is 32.2. The van der Waals surface area contributed by atoms with Gasteiger partial charge in [0.2, 0.25) is 0 Å². The average Bonchev–Trinajstić information content (AvgIpc) is 2.15. The Morgan fingerprint density at radius 3 is 2.47 bits per heavy atom. The molecule has 5 heteroatoms. The summed E-state index contributed by atoms with van der Waals surface area (Å²) in [5, 5.41) is 8.71. The quantitative estimate of drug-likeness (QED) is 0.846. The molecule has 0 radical (unpaired) electrons. The molecule has 1 aromatic carbocycles. The molecule has 0 saturated carbocycles. The van der Waals surface area contributed by atoms with Crippen LogP contribution in [0, 0.1) is 0 Å². The van der Waals surface area contributed by atoms with Crippen molar-refractivity contribution in [3.8, 4) is 0 Å². The van der Waals surface area contributed by atoms with Gasteiger partial charge in [-0.05, 0) is 23.8 Å². The van der Waals surface area contributed by atoms with Crippen molar-refractivity contribution in [3.05, 3.63) is 35.9 Å². The van der Waals surface area contributed by atoms with E-state index in [4.69, 9.17) is 5.11 Å². The summed E-state index contributed by atoms with van der Waals surface area (Å²) in [5.41, 5.74) is 0.342. The molecule has 0 amide bonds. The van der Waals surface area contributed by atoms with Gasteiger partial charge in [-0.25, -0.2) is 13.2 Å². The minimum Gasteiger partial charge on any atom is -0.478 e. The minimum absolute atomic E-state index is 0.0392. The van der Waals surface area contributed by atoms with Gasteiger partial charge in [0.25, 0.3) is 0 Å². The number of hydrogen-bond acceptors (Lipinski definition) is 3. The number of hydrogen-bond donors (Lipinski definition) is 1. The van der Waals surface area contributed by atoms with Crippen molar-refractivity contribution in [2.45, 2.75) is 4.90 Å². The molecule has 0 aliphatic carbocycles. The Kier molecular flexibility index (Phi) is 2.95. The highest BCUT2D eigenvalue weighted by molar-refractivity contribution is 7.90. The van der Waals surface area contributed by atoms with Crippen LogP contribution in [-0.2, 0) is 9.84 Å². The Labute approximate surface area is 87.8 Å². The van der Waals surface area contributed by atoms with Gasteiger partial charge < -0.3 is 5.11 Å². The second-order valence-electron chi connectivity index (χ2n) is 3.03. The van der Waals surface area contributed by atoms with Crippen LogP contribution in [0.15, 0.2) is 29.7 Å². The van der Waals surface area contributed by atoms with Gasteiger partial charge in [0.05, 0.1) is 10.5 Å². The van der Waals surface area contributed by atoms with E-state index in [1.54, 1.807) is 0 Å². The predicted molar refractivity (Wildman–Crippen MR) is 56.6 cm³/mol. The number of carbonyl (C=O) groups is 1. The molecule has 0 bridgehead atoms. The van der Waals surface area contributed by atoms with Crippen molar-refractivity contribution >= 4 is 21.9 Å². The molecular weight excluding hydrogens is 216 g/mol. The second kappa shape index (κ2) is 3.86. The van der Waals surface area contributed by atoms with Gasteiger partial charge in [-0.3, -0.25) is 0 Å². The standard InChI is InChI=1S/C10H10O4S/c1-3-7-6-8(10(11)12)4-5-9(7)15(2,13)14/h3-6H,1H2,2H3,(H,11,12). The largest absolute Gasteiger partial charge is 0.478 e. The van der Waals surface area contributed by atoms with E-state index in [-0.39, 0.29) is 10.5 Å². The van der Waals surface area contributed by atoms with Crippen molar-refractivity contribution in [1.82, 2.24) is 0 Å². The van der Waals surface area contributed by atoms with E-state index in [2.05, 4.69) is 6.58 Å². The van der Waals surface area contributed by atoms with E-state index in [0.717, 1.165) is 6.26 Å². The summed E-state index contributed by atoms with van der Waals surface area (Å²) in [5.74, 6) is -1.10. The van der Waals surface area contributed by atoms with Crippen molar-refractivity contribution in [1.29, 1.82) is 0 Å². The fourth-order valence-corrected chi connectivity index (χ4v) is 2.06. The van der Waals surface area contributed by atoms with Crippen LogP contribution >= 0.6 is 0 Å².